The highest BCUT2D eigenvalue weighted by atomic mass is 16.5. The smallest absolute Gasteiger partial charge is 0.295 e. The van der Waals surface area contributed by atoms with Gasteiger partial charge in [0.05, 0.1) is 18.2 Å². The maximum Gasteiger partial charge on any atom is 0.295 e. The number of phenolic OH excluding ortho intramolecular Hbond substituents is 1. The second kappa shape index (κ2) is 10.5. The summed E-state index contributed by atoms with van der Waals surface area (Å²) >= 11 is 0. The van der Waals surface area contributed by atoms with E-state index in [9.17, 15) is 19.8 Å². The molecule has 7 heteroatoms. The summed E-state index contributed by atoms with van der Waals surface area (Å²) in [5.74, 6) is -0.440. The number of phenols is 1. The zero-order valence-electron chi connectivity index (χ0n) is 19.6. The van der Waals surface area contributed by atoms with Gasteiger partial charge in [0, 0.05) is 12.1 Å². The van der Waals surface area contributed by atoms with Gasteiger partial charge in [-0.3, -0.25) is 9.59 Å². The van der Waals surface area contributed by atoms with Crippen LogP contribution in [0.25, 0.3) is 5.76 Å². The Hall–Kier alpha value is -3.32. The number of carbonyl (C=O) groups excluding carboxylic acids is 2. The molecule has 0 saturated carbocycles. The van der Waals surface area contributed by atoms with E-state index in [-0.39, 0.29) is 17.1 Å². The summed E-state index contributed by atoms with van der Waals surface area (Å²) in [6.07, 6.45) is 0.677. The predicted octanol–water partition coefficient (Wildman–Crippen LogP) is 3.80. The van der Waals surface area contributed by atoms with Crippen LogP contribution in [0.2, 0.25) is 0 Å². The number of Topliss-reactive ketones (excluding diaryl/α,β-unsaturated/α-hetero) is 1. The van der Waals surface area contributed by atoms with Crippen molar-refractivity contribution in [3.05, 3.63) is 65.2 Å². The fourth-order valence-electron chi connectivity index (χ4n) is 3.80. The fourth-order valence-corrected chi connectivity index (χ4v) is 3.80. The van der Waals surface area contributed by atoms with Crippen molar-refractivity contribution in [2.75, 3.05) is 33.8 Å². The molecule has 7 nitrogen and oxygen atoms in total. The summed E-state index contributed by atoms with van der Waals surface area (Å²) in [5.41, 5.74) is 1.13. The lowest BCUT2D eigenvalue weighted by Crippen LogP contribution is -2.32. The summed E-state index contributed by atoms with van der Waals surface area (Å²) in [4.78, 5) is 29.5. The van der Waals surface area contributed by atoms with Crippen molar-refractivity contribution in [3.63, 3.8) is 0 Å². The van der Waals surface area contributed by atoms with Crippen molar-refractivity contribution in [1.29, 1.82) is 0 Å². The molecular formula is C26H32N2O5. The van der Waals surface area contributed by atoms with Gasteiger partial charge in [-0.15, -0.1) is 0 Å². The second-order valence-corrected chi connectivity index (χ2v) is 8.97. The minimum absolute atomic E-state index is 0.0476. The first-order valence-corrected chi connectivity index (χ1v) is 11.1. The number of aliphatic hydroxyl groups excluding tert-OH is 1. The predicted molar refractivity (Wildman–Crippen MR) is 127 cm³/mol. The first-order valence-electron chi connectivity index (χ1n) is 11.1. The fraction of sp³-hybridized carbons (Fsp3) is 0.385. The Kier molecular flexibility index (Phi) is 7.76. The van der Waals surface area contributed by atoms with E-state index in [1.807, 2.05) is 19.0 Å². The Balaban J connectivity index is 1.99. The molecule has 0 spiro atoms. The number of benzene rings is 2. The van der Waals surface area contributed by atoms with Gasteiger partial charge >= 0.3 is 0 Å². The molecule has 0 radical (unpaired) electrons. The largest absolute Gasteiger partial charge is 0.508 e. The molecule has 2 N–H and O–H groups in total. The quantitative estimate of drug-likeness (QED) is 0.342. The first kappa shape index (κ1) is 24.3. The summed E-state index contributed by atoms with van der Waals surface area (Å²) in [6, 6.07) is 12.5. The third-order valence-corrected chi connectivity index (χ3v) is 5.46. The summed E-state index contributed by atoms with van der Waals surface area (Å²) in [6.45, 7) is 5.81. The van der Waals surface area contributed by atoms with Gasteiger partial charge < -0.3 is 24.7 Å². The van der Waals surface area contributed by atoms with Crippen molar-refractivity contribution < 1.29 is 24.5 Å². The number of rotatable bonds is 9. The molecule has 1 fully saturated rings. The van der Waals surface area contributed by atoms with E-state index in [4.69, 9.17) is 4.74 Å². The van der Waals surface area contributed by atoms with E-state index < -0.39 is 17.7 Å². The molecule has 2 aromatic rings. The highest BCUT2D eigenvalue weighted by Gasteiger charge is 2.45. The molecule has 0 bridgehead atoms. The van der Waals surface area contributed by atoms with Crippen molar-refractivity contribution in [3.8, 4) is 11.5 Å². The van der Waals surface area contributed by atoms with Crippen LogP contribution in [0, 0.1) is 5.92 Å². The minimum Gasteiger partial charge on any atom is -0.508 e. The lowest BCUT2D eigenvalue weighted by Gasteiger charge is -2.26. The Morgan fingerprint density at radius 2 is 1.70 bits per heavy atom. The average Bonchev–Trinajstić information content (AvgIpc) is 3.03. The number of likely N-dealkylation sites (tertiary alicyclic amines) is 1. The Morgan fingerprint density at radius 1 is 1.06 bits per heavy atom. The molecule has 0 aliphatic carbocycles. The molecule has 2 aromatic carbocycles. The van der Waals surface area contributed by atoms with Gasteiger partial charge in [-0.1, -0.05) is 26.0 Å². The summed E-state index contributed by atoms with van der Waals surface area (Å²) in [7, 11) is 3.89. The number of carbonyl (C=O) groups is 2. The van der Waals surface area contributed by atoms with Gasteiger partial charge in [0.1, 0.15) is 17.3 Å². The van der Waals surface area contributed by atoms with Gasteiger partial charge in [-0.05, 0) is 74.9 Å². The normalized spacial score (nSPS) is 17.9. The van der Waals surface area contributed by atoms with Crippen LogP contribution in [-0.2, 0) is 9.59 Å². The number of hydrogen-bond acceptors (Lipinski definition) is 6. The van der Waals surface area contributed by atoms with Gasteiger partial charge in [0.15, 0.2) is 0 Å². The molecule has 0 aromatic heterocycles. The second-order valence-electron chi connectivity index (χ2n) is 8.97. The van der Waals surface area contributed by atoms with Crippen molar-refractivity contribution in [2.45, 2.75) is 26.3 Å². The third-order valence-electron chi connectivity index (χ3n) is 5.46. The molecule has 3 rings (SSSR count). The van der Waals surface area contributed by atoms with E-state index in [1.54, 1.807) is 36.4 Å². The Morgan fingerprint density at radius 3 is 2.27 bits per heavy atom. The lowest BCUT2D eigenvalue weighted by atomic mass is 9.95. The van der Waals surface area contributed by atoms with Crippen molar-refractivity contribution in [1.82, 2.24) is 9.80 Å². The third kappa shape index (κ3) is 5.73. The van der Waals surface area contributed by atoms with Gasteiger partial charge in [-0.25, -0.2) is 0 Å². The topological polar surface area (TPSA) is 90.3 Å². The van der Waals surface area contributed by atoms with E-state index in [2.05, 4.69) is 13.8 Å². The standard InChI is InChI=1S/C26H32N2O5/c1-17(2)16-33-21-12-8-19(9-13-21)24(30)22-23(18-6-10-20(29)11-7-18)28(26(32)25(22)31)15-5-14-27(3)4/h6-13,17,23,29-30H,5,14-16H2,1-4H3/t23-/m0/s1. The van der Waals surface area contributed by atoms with Crippen LogP contribution >= 0.6 is 0 Å². The van der Waals surface area contributed by atoms with E-state index >= 15 is 0 Å². The first-order chi connectivity index (χ1) is 15.7. The molecule has 1 heterocycles. The highest BCUT2D eigenvalue weighted by Crippen LogP contribution is 2.40. The number of aromatic hydroxyl groups is 1. The molecule has 1 amide bonds. The SMILES string of the molecule is CC(C)COc1ccc(C(O)=C2C(=O)C(=O)N(CCCN(C)C)[C@H]2c2ccc(O)cc2)cc1. The summed E-state index contributed by atoms with van der Waals surface area (Å²) in [5, 5.41) is 20.8. The number of amides is 1. The van der Waals surface area contributed by atoms with Crippen LogP contribution in [0.15, 0.2) is 54.1 Å². The number of aliphatic hydroxyl groups is 1. The molecule has 1 aliphatic heterocycles. The zero-order chi connectivity index (χ0) is 24.1. The van der Waals surface area contributed by atoms with Crippen LogP contribution < -0.4 is 4.74 Å². The average molecular weight is 453 g/mol. The number of ether oxygens (including phenoxy) is 1. The van der Waals surface area contributed by atoms with Gasteiger partial charge in [-0.2, -0.15) is 0 Å². The van der Waals surface area contributed by atoms with E-state index in [1.165, 1.54) is 17.0 Å². The molecule has 1 saturated heterocycles. The molecule has 1 atom stereocenters. The number of nitrogens with zero attached hydrogens (tertiary/aromatic N) is 2. The van der Waals surface area contributed by atoms with Crippen LogP contribution in [0.5, 0.6) is 11.5 Å². The molecule has 1 aliphatic rings. The molecule has 176 valence electrons. The van der Waals surface area contributed by atoms with Crippen LogP contribution in [-0.4, -0.2) is 65.5 Å². The van der Waals surface area contributed by atoms with Crippen molar-refractivity contribution in [2.24, 2.45) is 5.92 Å². The van der Waals surface area contributed by atoms with Crippen LogP contribution in [0.1, 0.15) is 37.4 Å². The molecular weight excluding hydrogens is 420 g/mol. The number of ketones is 1. The maximum absolute atomic E-state index is 13.0. The maximum atomic E-state index is 13.0. The van der Waals surface area contributed by atoms with Crippen molar-refractivity contribution >= 4 is 17.4 Å². The van der Waals surface area contributed by atoms with E-state index in [0.29, 0.717) is 42.4 Å². The number of hydrogen-bond donors (Lipinski definition) is 2. The molecule has 0 unspecified atom stereocenters. The summed E-state index contributed by atoms with van der Waals surface area (Å²) < 4.78 is 5.69. The van der Waals surface area contributed by atoms with Crippen LogP contribution in [0.4, 0.5) is 0 Å². The Labute approximate surface area is 194 Å². The monoisotopic (exact) mass is 452 g/mol. The Bertz CT molecular complexity index is 1010. The van der Waals surface area contributed by atoms with E-state index in [0.717, 1.165) is 6.54 Å². The molecule has 33 heavy (non-hydrogen) atoms. The highest BCUT2D eigenvalue weighted by molar-refractivity contribution is 6.46. The van der Waals surface area contributed by atoms with Crippen LogP contribution in [0.3, 0.4) is 0 Å². The van der Waals surface area contributed by atoms with Gasteiger partial charge in [0.2, 0.25) is 0 Å². The van der Waals surface area contributed by atoms with Gasteiger partial charge in [0.25, 0.3) is 11.7 Å². The zero-order valence-corrected chi connectivity index (χ0v) is 19.6. The lowest BCUT2D eigenvalue weighted by molar-refractivity contribution is -0.139. The minimum atomic E-state index is -0.732.